The van der Waals surface area contributed by atoms with Crippen LogP contribution in [0.15, 0.2) is 11.1 Å². The molecule has 172 valence electrons. The summed E-state index contributed by atoms with van der Waals surface area (Å²) in [6, 6.07) is 0. The van der Waals surface area contributed by atoms with Crippen LogP contribution in [0.5, 0.6) is 0 Å². The Morgan fingerprint density at radius 3 is 2.37 bits per heavy atom. The van der Waals surface area contributed by atoms with E-state index < -0.39 is 21.6 Å². The number of carbonyl (C=O) groups excluding carboxylic acids is 2. The lowest BCUT2D eigenvalue weighted by atomic mass is 9.83. The summed E-state index contributed by atoms with van der Waals surface area (Å²) < 4.78 is 31.3. The molecule has 8 nitrogen and oxygen atoms in total. The number of piperidine rings is 1. The van der Waals surface area contributed by atoms with Crippen molar-refractivity contribution in [2.24, 2.45) is 0 Å². The Morgan fingerprint density at radius 1 is 1.17 bits per heavy atom. The van der Waals surface area contributed by atoms with Crippen molar-refractivity contribution in [1.82, 2.24) is 14.5 Å². The zero-order valence-corrected chi connectivity index (χ0v) is 19.6. The molecule has 9 heteroatoms. The fourth-order valence-corrected chi connectivity index (χ4v) is 5.29. The Hall–Kier alpha value is -1.45. The molecule has 2 aliphatic rings. The molecule has 2 rings (SSSR count). The number of esters is 1. The van der Waals surface area contributed by atoms with Gasteiger partial charge in [-0.3, -0.25) is 4.79 Å². The average molecular weight is 444 g/mol. The monoisotopic (exact) mass is 443 g/mol. The fourth-order valence-electron chi connectivity index (χ4n) is 4.19. The van der Waals surface area contributed by atoms with Crippen LogP contribution in [0.2, 0.25) is 0 Å². The smallest absolute Gasteiger partial charge is 0.335 e. The summed E-state index contributed by atoms with van der Waals surface area (Å²) in [5, 5.41) is 2.95. The highest BCUT2D eigenvalue weighted by molar-refractivity contribution is 7.89. The third-order valence-corrected chi connectivity index (χ3v) is 8.03. The number of amides is 1. The summed E-state index contributed by atoms with van der Waals surface area (Å²) in [5.74, 6) is -0.722. The number of sulfonamides is 1. The zero-order valence-electron chi connectivity index (χ0n) is 18.8. The number of carbonyl (C=O) groups is 2. The van der Waals surface area contributed by atoms with Crippen molar-refractivity contribution in [2.75, 3.05) is 45.0 Å². The molecule has 1 fully saturated rings. The predicted octanol–water partition coefficient (Wildman–Crippen LogP) is 1.67. The van der Waals surface area contributed by atoms with Gasteiger partial charge in [0, 0.05) is 38.0 Å². The summed E-state index contributed by atoms with van der Waals surface area (Å²) in [4.78, 5) is 27.6. The maximum atomic E-state index is 12.9. The fraction of sp³-hybridized carbons (Fsp3) is 0.810. The first-order valence-electron chi connectivity index (χ1n) is 11.1. The summed E-state index contributed by atoms with van der Waals surface area (Å²) >= 11 is 0. The second kappa shape index (κ2) is 10.7. The molecular weight excluding hydrogens is 406 g/mol. The maximum Gasteiger partial charge on any atom is 0.335 e. The molecule has 30 heavy (non-hydrogen) atoms. The first kappa shape index (κ1) is 24.8. The molecule has 1 N–H and O–H groups in total. The molecule has 0 aromatic rings. The van der Waals surface area contributed by atoms with Crippen molar-refractivity contribution < 1.29 is 22.7 Å². The third-order valence-electron chi connectivity index (χ3n) is 6.15. The lowest BCUT2D eigenvalue weighted by Gasteiger charge is -2.38. The molecule has 2 heterocycles. The van der Waals surface area contributed by atoms with E-state index in [-0.39, 0.29) is 24.7 Å². The molecule has 0 saturated carbocycles. The van der Waals surface area contributed by atoms with Crippen molar-refractivity contribution in [3.05, 3.63) is 11.1 Å². The van der Waals surface area contributed by atoms with Gasteiger partial charge in [0.15, 0.2) is 0 Å². The number of nitrogens with one attached hydrogen (secondary N) is 1. The van der Waals surface area contributed by atoms with Gasteiger partial charge in [0.05, 0.1) is 11.3 Å². The Morgan fingerprint density at radius 2 is 1.80 bits per heavy atom. The number of rotatable bonds is 11. The van der Waals surface area contributed by atoms with E-state index in [2.05, 4.69) is 24.1 Å². The molecule has 0 bridgehead atoms. The molecule has 2 aliphatic heterocycles. The van der Waals surface area contributed by atoms with Crippen LogP contribution < -0.4 is 5.32 Å². The number of hydrogen-bond acceptors (Lipinski definition) is 6. The predicted molar refractivity (Wildman–Crippen MR) is 116 cm³/mol. The van der Waals surface area contributed by atoms with Crippen molar-refractivity contribution in [1.29, 1.82) is 0 Å². The minimum Gasteiger partial charge on any atom is -0.450 e. The van der Waals surface area contributed by atoms with E-state index in [1.807, 2.05) is 0 Å². The van der Waals surface area contributed by atoms with Crippen molar-refractivity contribution >= 4 is 21.9 Å². The first-order valence-corrected chi connectivity index (χ1v) is 12.7. The van der Waals surface area contributed by atoms with E-state index in [9.17, 15) is 18.0 Å². The van der Waals surface area contributed by atoms with Gasteiger partial charge >= 0.3 is 5.97 Å². The van der Waals surface area contributed by atoms with Crippen LogP contribution in [-0.4, -0.2) is 80.1 Å². The van der Waals surface area contributed by atoms with E-state index in [4.69, 9.17) is 4.74 Å². The highest BCUT2D eigenvalue weighted by Gasteiger charge is 2.51. The van der Waals surface area contributed by atoms with Crippen LogP contribution >= 0.6 is 0 Å². The Kier molecular flexibility index (Phi) is 8.87. The van der Waals surface area contributed by atoms with Gasteiger partial charge in [-0.25, -0.2) is 17.5 Å². The summed E-state index contributed by atoms with van der Waals surface area (Å²) in [5.41, 5.74) is -0.307. The van der Waals surface area contributed by atoms with E-state index in [1.165, 1.54) is 10.7 Å². The number of hydrogen-bond donors (Lipinski definition) is 1. The van der Waals surface area contributed by atoms with Crippen LogP contribution in [0.25, 0.3) is 0 Å². The van der Waals surface area contributed by atoms with E-state index in [1.54, 1.807) is 13.8 Å². The van der Waals surface area contributed by atoms with E-state index in [0.29, 0.717) is 30.5 Å². The maximum absolute atomic E-state index is 12.9. The van der Waals surface area contributed by atoms with Crippen LogP contribution in [0.1, 0.15) is 59.8 Å². The van der Waals surface area contributed by atoms with Gasteiger partial charge < -0.3 is 15.0 Å². The number of nitrogens with zero attached hydrogens (tertiary/aromatic N) is 2. The van der Waals surface area contributed by atoms with Gasteiger partial charge in [0.2, 0.25) is 10.0 Å². The molecule has 0 radical (unpaired) electrons. The topological polar surface area (TPSA) is 96.0 Å². The zero-order chi connectivity index (χ0) is 22.4. The summed E-state index contributed by atoms with van der Waals surface area (Å²) in [6.45, 7) is 11.5. The minimum atomic E-state index is -3.30. The lowest BCUT2D eigenvalue weighted by Crippen LogP contribution is -2.50. The third kappa shape index (κ3) is 5.62. The van der Waals surface area contributed by atoms with Gasteiger partial charge in [-0.15, -0.1) is 0 Å². The van der Waals surface area contributed by atoms with Gasteiger partial charge in [-0.2, -0.15) is 0 Å². The van der Waals surface area contributed by atoms with Crippen molar-refractivity contribution in [3.8, 4) is 0 Å². The Balaban J connectivity index is 1.97. The molecule has 0 atom stereocenters. The van der Waals surface area contributed by atoms with Crippen molar-refractivity contribution in [3.63, 3.8) is 0 Å². The number of unbranched alkanes of at least 4 members (excludes halogenated alkanes) is 1. The molecular formula is C21H37N3O5S. The molecule has 0 aromatic heterocycles. The standard InChI is InChI=1S/C21H37N3O5S/c1-5-8-13-23(6-2)14-9-12-22-19(25)18-17(4)20(26)29-21(18)10-15-24(16-11-21)30(27,28)7-3/h5-16H2,1-4H3,(H,22,25). The Labute approximate surface area is 181 Å². The number of ether oxygens (including phenoxy) is 1. The largest absolute Gasteiger partial charge is 0.450 e. The highest BCUT2D eigenvalue weighted by atomic mass is 32.2. The highest BCUT2D eigenvalue weighted by Crippen LogP contribution is 2.41. The molecule has 0 aromatic carbocycles. The molecule has 0 aliphatic carbocycles. The lowest BCUT2D eigenvalue weighted by molar-refractivity contribution is -0.150. The normalized spacial score (nSPS) is 19.6. The van der Waals surface area contributed by atoms with Gasteiger partial charge in [0.25, 0.3) is 5.91 Å². The van der Waals surface area contributed by atoms with Crippen LogP contribution in [0, 0.1) is 0 Å². The second-order valence-corrected chi connectivity index (χ2v) is 10.3. The minimum absolute atomic E-state index is 0.0367. The Bertz CT molecular complexity index is 755. The van der Waals surface area contributed by atoms with Crippen molar-refractivity contribution in [2.45, 2.75) is 65.4 Å². The van der Waals surface area contributed by atoms with Crippen LogP contribution in [0.3, 0.4) is 0 Å². The molecule has 1 spiro atoms. The first-order chi connectivity index (χ1) is 14.2. The SMILES string of the molecule is CCCCN(CC)CCCNC(=O)C1=C(C)C(=O)OC12CCN(S(=O)(=O)CC)CC2. The molecule has 1 saturated heterocycles. The van der Waals surface area contributed by atoms with Crippen LogP contribution in [-0.2, 0) is 24.3 Å². The summed E-state index contributed by atoms with van der Waals surface area (Å²) in [7, 11) is -3.30. The average Bonchev–Trinajstić information content (AvgIpc) is 2.97. The van der Waals surface area contributed by atoms with E-state index >= 15 is 0 Å². The quantitative estimate of drug-likeness (QED) is 0.385. The van der Waals surface area contributed by atoms with Crippen LogP contribution in [0.4, 0.5) is 0 Å². The van der Waals surface area contributed by atoms with E-state index in [0.717, 1.165) is 32.5 Å². The van der Waals surface area contributed by atoms with Gasteiger partial charge in [0.1, 0.15) is 5.60 Å². The second-order valence-electron chi connectivity index (χ2n) is 8.08. The van der Waals surface area contributed by atoms with Gasteiger partial charge in [-0.1, -0.05) is 20.3 Å². The summed E-state index contributed by atoms with van der Waals surface area (Å²) in [6.07, 6.45) is 3.77. The molecule has 1 amide bonds. The molecule has 0 unspecified atom stereocenters. The van der Waals surface area contributed by atoms with Gasteiger partial charge in [-0.05, 0) is 46.3 Å².